The summed E-state index contributed by atoms with van der Waals surface area (Å²) in [7, 11) is 2.96. The van der Waals surface area contributed by atoms with Crippen molar-refractivity contribution in [3.8, 4) is 22.6 Å². The van der Waals surface area contributed by atoms with Crippen molar-refractivity contribution in [1.29, 1.82) is 0 Å². The van der Waals surface area contributed by atoms with Crippen molar-refractivity contribution in [1.82, 2.24) is 9.97 Å². The fourth-order valence-electron chi connectivity index (χ4n) is 2.98. The molecule has 2 aromatic carbocycles. The van der Waals surface area contributed by atoms with Crippen LogP contribution in [0.1, 0.15) is 15.9 Å². The molecular formula is C18H18N4O4. The van der Waals surface area contributed by atoms with E-state index in [4.69, 9.17) is 20.9 Å². The molecule has 3 rings (SSSR count). The van der Waals surface area contributed by atoms with Crippen LogP contribution < -0.4 is 20.9 Å². The van der Waals surface area contributed by atoms with Crippen molar-refractivity contribution >= 4 is 28.6 Å². The lowest BCUT2D eigenvalue weighted by atomic mass is 9.94. The third kappa shape index (κ3) is 2.71. The third-order valence-electron chi connectivity index (χ3n) is 4.17. The van der Waals surface area contributed by atoms with E-state index in [1.54, 1.807) is 25.1 Å². The molecule has 0 amide bonds. The van der Waals surface area contributed by atoms with E-state index in [-0.39, 0.29) is 17.3 Å². The summed E-state index contributed by atoms with van der Waals surface area (Å²) in [5, 5.41) is 10.3. The first-order valence-electron chi connectivity index (χ1n) is 7.69. The number of benzene rings is 2. The number of carbonyl (C=O) groups is 1. The Labute approximate surface area is 149 Å². The number of ether oxygens (including phenoxy) is 2. The van der Waals surface area contributed by atoms with Crippen LogP contribution in [-0.2, 0) is 0 Å². The largest absolute Gasteiger partial charge is 0.496 e. The summed E-state index contributed by atoms with van der Waals surface area (Å²) in [5.74, 6) is 0.0379. The van der Waals surface area contributed by atoms with Crippen molar-refractivity contribution in [3.63, 3.8) is 0 Å². The van der Waals surface area contributed by atoms with Gasteiger partial charge in [-0.3, -0.25) is 0 Å². The second-order valence-electron chi connectivity index (χ2n) is 5.66. The number of nitrogens with two attached hydrogens (primary N) is 2. The average Bonchev–Trinajstić information content (AvgIpc) is 2.60. The Morgan fingerprint density at radius 1 is 1.12 bits per heavy atom. The molecule has 134 valence electrons. The molecule has 0 bridgehead atoms. The highest BCUT2D eigenvalue weighted by molar-refractivity contribution is 6.01. The fraction of sp³-hybridized carbons (Fsp3) is 0.167. The van der Waals surface area contributed by atoms with Gasteiger partial charge in [-0.25, -0.2) is 9.78 Å². The monoisotopic (exact) mass is 354 g/mol. The second-order valence-corrected chi connectivity index (χ2v) is 5.66. The average molecular weight is 354 g/mol. The Balaban J connectivity index is 2.37. The number of carboxylic acids is 1. The van der Waals surface area contributed by atoms with Gasteiger partial charge in [-0.15, -0.1) is 0 Å². The number of carboxylic acid groups (broad SMARTS) is 1. The smallest absolute Gasteiger partial charge is 0.336 e. The lowest BCUT2D eigenvalue weighted by Gasteiger charge is -2.18. The van der Waals surface area contributed by atoms with Crippen LogP contribution >= 0.6 is 0 Å². The van der Waals surface area contributed by atoms with Gasteiger partial charge < -0.3 is 26.0 Å². The molecule has 0 aliphatic carbocycles. The van der Waals surface area contributed by atoms with Gasteiger partial charge in [0.2, 0.25) is 5.95 Å². The summed E-state index contributed by atoms with van der Waals surface area (Å²) in [6.45, 7) is 1.80. The van der Waals surface area contributed by atoms with Gasteiger partial charge in [0.05, 0.1) is 25.3 Å². The molecule has 0 saturated carbocycles. The first-order chi connectivity index (χ1) is 12.4. The first-order valence-corrected chi connectivity index (χ1v) is 7.69. The molecule has 0 aliphatic rings. The van der Waals surface area contributed by atoms with Gasteiger partial charge in [0.25, 0.3) is 0 Å². The summed E-state index contributed by atoms with van der Waals surface area (Å²) in [6, 6.07) is 6.65. The second kappa shape index (κ2) is 6.40. The topological polar surface area (TPSA) is 134 Å². The van der Waals surface area contributed by atoms with Crippen molar-refractivity contribution in [2.45, 2.75) is 6.92 Å². The standard InChI is InChI=1S/C18H18N4O4/c1-8-13(25-2)7-11(17(23)24)14(15(8)26-3)9-4-5-12-10(6-9)16(19)22-18(20)21-12/h4-7H,1-3H3,(H,23,24)(H4,19,20,21,22). The first kappa shape index (κ1) is 17.3. The van der Waals surface area contributed by atoms with E-state index in [1.165, 1.54) is 20.3 Å². The molecule has 1 heterocycles. The fourth-order valence-corrected chi connectivity index (χ4v) is 2.98. The van der Waals surface area contributed by atoms with Crippen LogP contribution in [0, 0.1) is 6.92 Å². The highest BCUT2D eigenvalue weighted by Gasteiger charge is 2.23. The van der Waals surface area contributed by atoms with Crippen LogP contribution in [0.15, 0.2) is 24.3 Å². The molecule has 5 N–H and O–H groups in total. The van der Waals surface area contributed by atoms with Crippen LogP contribution in [0.5, 0.6) is 11.5 Å². The summed E-state index contributed by atoms with van der Waals surface area (Å²) in [5.41, 5.74) is 13.9. The summed E-state index contributed by atoms with van der Waals surface area (Å²) in [4.78, 5) is 19.9. The van der Waals surface area contributed by atoms with Gasteiger partial charge in [-0.05, 0) is 30.7 Å². The van der Waals surface area contributed by atoms with E-state index >= 15 is 0 Å². The van der Waals surface area contributed by atoms with Crippen LogP contribution in [0.25, 0.3) is 22.0 Å². The predicted octanol–water partition coefficient (Wildman–Crippen LogP) is 2.49. The van der Waals surface area contributed by atoms with Crippen molar-refractivity contribution in [3.05, 3.63) is 35.4 Å². The minimum absolute atomic E-state index is 0.0542. The minimum Gasteiger partial charge on any atom is -0.496 e. The number of fused-ring (bicyclic) bond motifs is 1. The number of anilines is 2. The number of nitrogens with zero attached hydrogens (tertiary/aromatic N) is 2. The zero-order valence-corrected chi connectivity index (χ0v) is 14.5. The molecule has 0 unspecified atom stereocenters. The molecule has 8 heteroatoms. The maximum atomic E-state index is 11.8. The molecule has 8 nitrogen and oxygen atoms in total. The number of aromatic carboxylic acids is 1. The Morgan fingerprint density at radius 2 is 1.85 bits per heavy atom. The zero-order valence-electron chi connectivity index (χ0n) is 14.5. The number of aromatic nitrogens is 2. The minimum atomic E-state index is -1.10. The Hall–Kier alpha value is -3.55. The third-order valence-corrected chi connectivity index (χ3v) is 4.17. The van der Waals surface area contributed by atoms with Gasteiger partial charge in [0, 0.05) is 16.5 Å². The van der Waals surface area contributed by atoms with E-state index in [1.807, 2.05) is 0 Å². The van der Waals surface area contributed by atoms with E-state index < -0.39 is 5.97 Å². The molecule has 0 radical (unpaired) electrons. The predicted molar refractivity (Wildman–Crippen MR) is 98.6 cm³/mol. The SMILES string of the molecule is COc1cc(C(=O)O)c(-c2ccc3nc(N)nc(N)c3c2)c(OC)c1C. The maximum absolute atomic E-state index is 11.8. The van der Waals surface area contributed by atoms with Gasteiger partial charge in [0.1, 0.15) is 17.3 Å². The lowest BCUT2D eigenvalue weighted by Crippen LogP contribution is -2.05. The summed E-state index contributed by atoms with van der Waals surface area (Å²) < 4.78 is 10.8. The molecule has 0 aliphatic heterocycles. The Bertz CT molecular complexity index is 1030. The van der Waals surface area contributed by atoms with Crippen LogP contribution in [0.2, 0.25) is 0 Å². The van der Waals surface area contributed by atoms with Gasteiger partial charge in [-0.2, -0.15) is 4.98 Å². The van der Waals surface area contributed by atoms with Crippen molar-refractivity contribution in [2.75, 3.05) is 25.7 Å². The molecule has 3 aromatic rings. The quantitative estimate of drug-likeness (QED) is 0.650. The van der Waals surface area contributed by atoms with E-state index in [0.29, 0.717) is 39.1 Å². The van der Waals surface area contributed by atoms with Gasteiger partial charge >= 0.3 is 5.97 Å². The highest BCUT2D eigenvalue weighted by atomic mass is 16.5. The van der Waals surface area contributed by atoms with Crippen LogP contribution in [0.4, 0.5) is 11.8 Å². The normalized spacial score (nSPS) is 10.7. The molecule has 26 heavy (non-hydrogen) atoms. The van der Waals surface area contributed by atoms with Crippen LogP contribution in [-0.4, -0.2) is 35.3 Å². The molecule has 1 aromatic heterocycles. The number of methoxy groups -OCH3 is 2. The number of nitrogen functional groups attached to an aromatic ring is 2. The number of hydrogen-bond acceptors (Lipinski definition) is 7. The lowest BCUT2D eigenvalue weighted by molar-refractivity contribution is 0.0697. The Kier molecular flexibility index (Phi) is 4.25. The van der Waals surface area contributed by atoms with E-state index in [9.17, 15) is 9.90 Å². The van der Waals surface area contributed by atoms with Gasteiger partial charge in [-0.1, -0.05) is 6.07 Å². The molecule has 0 atom stereocenters. The maximum Gasteiger partial charge on any atom is 0.336 e. The van der Waals surface area contributed by atoms with E-state index in [0.717, 1.165) is 0 Å². The van der Waals surface area contributed by atoms with E-state index in [2.05, 4.69) is 9.97 Å². The zero-order chi connectivity index (χ0) is 19.0. The molecule has 0 fully saturated rings. The molecule has 0 spiro atoms. The molecule has 0 saturated heterocycles. The number of rotatable bonds is 4. The highest BCUT2D eigenvalue weighted by Crippen LogP contribution is 2.42. The van der Waals surface area contributed by atoms with Crippen LogP contribution in [0.3, 0.4) is 0 Å². The van der Waals surface area contributed by atoms with Gasteiger partial charge in [0.15, 0.2) is 0 Å². The molecular weight excluding hydrogens is 336 g/mol. The summed E-state index contributed by atoms with van der Waals surface area (Å²) in [6.07, 6.45) is 0. The number of hydrogen-bond donors (Lipinski definition) is 3. The van der Waals surface area contributed by atoms with Crippen molar-refractivity contribution in [2.24, 2.45) is 0 Å². The summed E-state index contributed by atoms with van der Waals surface area (Å²) >= 11 is 0. The Morgan fingerprint density at radius 3 is 2.46 bits per heavy atom. The van der Waals surface area contributed by atoms with Crippen molar-refractivity contribution < 1.29 is 19.4 Å².